The molecule has 4 rings (SSSR count). The summed E-state index contributed by atoms with van der Waals surface area (Å²) in [5.74, 6) is -4.26. The van der Waals surface area contributed by atoms with Crippen LogP contribution in [0.25, 0.3) is 11.2 Å². The van der Waals surface area contributed by atoms with Gasteiger partial charge in [-0.25, -0.2) is 29.1 Å². The van der Waals surface area contributed by atoms with Crippen molar-refractivity contribution in [1.82, 2.24) is 19.5 Å². The van der Waals surface area contributed by atoms with Crippen LogP contribution in [-0.2, 0) is 37.6 Å². The van der Waals surface area contributed by atoms with Gasteiger partial charge in [0.25, 0.3) is 0 Å². The molecule has 13 N–H and O–H groups in total. The van der Waals surface area contributed by atoms with E-state index in [1.54, 1.807) is 0 Å². The lowest BCUT2D eigenvalue weighted by Gasteiger charge is -2.43. The summed E-state index contributed by atoms with van der Waals surface area (Å²) in [4.78, 5) is 53.1. The van der Waals surface area contributed by atoms with Gasteiger partial charge in [-0.1, -0.05) is 0 Å². The van der Waals surface area contributed by atoms with E-state index in [-0.39, 0.29) is 17.0 Å². The highest BCUT2D eigenvalue weighted by Crippen LogP contribution is 2.40. The van der Waals surface area contributed by atoms with Gasteiger partial charge in [0.15, 0.2) is 36.2 Å². The Morgan fingerprint density at radius 2 is 1.66 bits per heavy atom. The molecule has 0 saturated carbocycles. The second kappa shape index (κ2) is 14.6. The standard InChI is InChI=1S/C22H32N5O19P/c23-17-7-18(25-3-24-17)27(4-26-7)19-10(31)8(29)6(43-19)2-42-14-5(1-28)44-22(11(32)9(14)30)45-16(21(37)38)12(33)15(13(34)20(35)36)46-47(39,40)41/h3-6,8-16,19,22,28-34H,1-2H2,(H,35,36)(H,37,38)(H2,23,24,25)(H2,39,40,41)/t5-,6-,8-,9-,10-,11-,12-,13+,14-,15+,16+,19-,22-/m1/s1. The van der Waals surface area contributed by atoms with E-state index in [0.717, 1.165) is 6.33 Å². The van der Waals surface area contributed by atoms with Crippen molar-refractivity contribution in [2.75, 3.05) is 18.9 Å². The number of aliphatic hydroxyl groups is 7. The molecule has 47 heavy (non-hydrogen) atoms. The Morgan fingerprint density at radius 3 is 2.26 bits per heavy atom. The molecule has 2 aliphatic heterocycles. The second-order valence-electron chi connectivity index (χ2n) is 10.4. The number of fused-ring (bicyclic) bond motifs is 1. The Morgan fingerprint density at radius 1 is 0.979 bits per heavy atom. The molecule has 13 atom stereocenters. The van der Waals surface area contributed by atoms with Gasteiger partial charge in [0.2, 0.25) is 0 Å². The first-order valence-corrected chi connectivity index (χ1v) is 14.9. The number of hydrogen-bond acceptors (Lipinski definition) is 19. The number of aliphatic carboxylic acids is 2. The third-order valence-corrected chi connectivity index (χ3v) is 7.78. The molecule has 2 aliphatic rings. The second-order valence-corrected chi connectivity index (χ2v) is 11.6. The quantitative estimate of drug-likeness (QED) is 0.0814. The Labute approximate surface area is 261 Å². The van der Waals surface area contributed by atoms with Crippen LogP contribution in [0.5, 0.6) is 0 Å². The number of nitrogens with zero attached hydrogens (tertiary/aromatic N) is 4. The molecule has 0 aromatic carbocycles. The van der Waals surface area contributed by atoms with Gasteiger partial charge in [0, 0.05) is 0 Å². The van der Waals surface area contributed by atoms with Crippen molar-refractivity contribution in [3.63, 3.8) is 0 Å². The van der Waals surface area contributed by atoms with E-state index in [9.17, 15) is 55.0 Å². The zero-order chi connectivity index (χ0) is 35.0. The van der Waals surface area contributed by atoms with E-state index in [1.807, 2.05) is 0 Å². The average molecular weight is 701 g/mol. The molecule has 0 bridgehead atoms. The van der Waals surface area contributed by atoms with Crippen LogP contribution in [0.4, 0.5) is 5.82 Å². The molecule has 2 aromatic heterocycles. The molecule has 25 heteroatoms. The molecule has 0 amide bonds. The number of aliphatic hydroxyl groups excluding tert-OH is 7. The van der Waals surface area contributed by atoms with Crippen molar-refractivity contribution in [3.05, 3.63) is 12.7 Å². The Kier molecular flexibility index (Phi) is 11.4. The lowest BCUT2D eigenvalue weighted by Crippen LogP contribution is -2.62. The molecular weight excluding hydrogens is 669 g/mol. The van der Waals surface area contributed by atoms with Crippen molar-refractivity contribution < 1.29 is 93.4 Å². The number of rotatable bonds is 14. The van der Waals surface area contributed by atoms with Crippen LogP contribution in [0, 0.1) is 0 Å². The van der Waals surface area contributed by atoms with Crippen molar-refractivity contribution in [2.24, 2.45) is 0 Å². The van der Waals surface area contributed by atoms with Gasteiger partial charge in [-0.3, -0.25) is 9.09 Å². The van der Waals surface area contributed by atoms with Gasteiger partial charge < -0.3 is 80.4 Å². The summed E-state index contributed by atoms with van der Waals surface area (Å²) in [6, 6.07) is 0. The minimum Gasteiger partial charge on any atom is -0.479 e. The molecule has 2 saturated heterocycles. The predicted molar refractivity (Wildman–Crippen MR) is 142 cm³/mol. The molecule has 0 aliphatic carbocycles. The van der Waals surface area contributed by atoms with E-state index in [0.29, 0.717) is 0 Å². The topological polar surface area (TPSA) is 390 Å². The number of aromatic nitrogens is 4. The monoisotopic (exact) mass is 701 g/mol. The zero-order valence-electron chi connectivity index (χ0n) is 23.6. The van der Waals surface area contributed by atoms with Crippen LogP contribution >= 0.6 is 7.82 Å². The lowest BCUT2D eigenvalue weighted by atomic mass is 9.98. The summed E-state index contributed by atoms with van der Waals surface area (Å²) in [7, 11) is -5.64. The van der Waals surface area contributed by atoms with Crippen LogP contribution < -0.4 is 5.73 Å². The number of carbonyl (C=O) groups is 2. The van der Waals surface area contributed by atoms with Gasteiger partial charge in [-0.2, -0.15) is 0 Å². The molecule has 24 nitrogen and oxygen atoms in total. The van der Waals surface area contributed by atoms with E-state index in [4.69, 9.17) is 39.6 Å². The van der Waals surface area contributed by atoms with Gasteiger partial charge in [0.05, 0.1) is 19.5 Å². The molecule has 4 heterocycles. The molecule has 2 aromatic rings. The summed E-state index contributed by atoms with van der Waals surface area (Å²) in [6.45, 7) is -1.57. The first-order chi connectivity index (χ1) is 22.0. The highest BCUT2D eigenvalue weighted by Gasteiger charge is 2.51. The fraction of sp³-hybridized carbons (Fsp3) is 0.682. The van der Waals surface area contributed by atoms with E-state index in [1.165, 1.54) is 10.9 Å². The number of nitrogen functional groups attached to an aromatic ring is 1. The van der Waals surface area contributed by atoms with Crippen molar-refractivity contribution in [2.45, 2.75) is 79.7 Å². The smallest absolute Gasteiger partial charge is 0.470 e. The van der Waals surface area contributed by atoms with Gasteiger partial charge in [-0.05, 0) is 0 Å². The Bertz CT molecular complexity index is 1460. The number of phosphoric acid groups is 1. The number of phosphoric ester groups is 1. The predicted octanol–water partition coefficient (Wildman–Crippen LogP) is -6.39. The van der Waals surface area contributed by atoms with E-state index in [2.05, 4.69) is 19.5 Å². The number of carboxylic acids is 2. The summed E-state index contributed by atoms with van der Waals surface area (Å²) in [6.07, 6.45) is -24.3. The molecule has 0 spiro atoms. The van der Waals surface area contributed by atoms with Gasteiger partial charge in [-0.15, -0.1) is 0 Å². The molecule has 2 fully saturated rings. The number of carboxylic acid groups (broad SMARTS) is 2. The molecule has 264 valence electrons. The third-order valence-electron chi connectivity index (χ3n) is 7.27. The molecule has 0 radical (unpaired) electrons. The normalized spacial score (nSPS) is 32.6. The maximum atomic E-state index is 11.9. The van der Waals surface area contributed by atoms with E-state index >= 15 is 0 Å². The van der Waals surface area contributed by atoms with Gasteiger partial charge in [0.1, 0.15) is 66.8 Å². The maximum Gasteiger partial charge on any atom is 0.470 e. The van der Waals surface area contributed by atoms with Crippen LogP contribution in [0.1, 0.15) is 6.23 Å². The number of imidazole rings is 1. The zero-order valence-corrected chi connectivity index (χ0v) is 24.5. The fourth-order valence-corrected chi connectivity index (χ4v) is 5.49. The Hall–Kier alpha value is -3.04. The number of nitrogens with two attached hydrogens (primary N) is 1. The summed E-state index contributed by atoms with van der Waals surface area (Å²) in [5, 5.41) is 91.3. The first-order valence-electron chi connectivity index (χ1n) is 13.4. The SMILES string of the molecule is Nc1ncnc2c1ncn2[C@@H]1O[C@H](CO[C@H]2[C@H](O)[C@@H](O)[C@@H](O[C@H](C(=O)O)[C@H](O)[C@H](OP(=O)(O)O)[C@H](O)C(=O)O)O[C@@H]2CO)[C@@H](O)[C@H]1O. The molecular formula is C22H32N5O19P. The van der Waals surface area contributed by atoms with Gasteiger partial charge >= 0.3 is 19.8 Å². The van der Waals surface area contributed by atoms with Crippen LogP contribution in [0.2, 0.25) is 0 Å². The lowest BCUT2D eigenvalue weighted by molar-refractivity contribution is -0.324. The van der Waals surface area contributed by atoms with E-state index < -0.39 is 113 Å². The van der Waals surface area contributed by atoms with Crippen molar-refractivity contribution in [3.8, 4) is 0 Å². The average Bonchev–Trinajstić information content (AvgIpc) is 3.55. The Balaban J connectivity index is 1.45. The summed E-state index contributed by atoms with van der Waals surface area (Å²) < 4.78 is 38.2. The largest absolute Gasteiger partial charge is 0.479 e. The third kappa shape index (κ3) is 7.83. The minimum absolute atomic E-state index is 0.0418. The fourth-order valence-electron chi connectivity index (χ4n) is 4.94. The summed E-state index contributed by atoms with van der Waals surface area (Å²) in [5.41, 5.74) is 6.13. The van der Waals surface area contributed by atoms with Crippen molar-refractivity contribution >= 4 is 36.7 Å². The highest BCUT2D eigenvalue weighted by molar-refractivity contribution is 7.46. The van der Waals surface area contributed by atoms with Crippen LogP contribution in [0.15, 0.2) is 12.7 Å². The van der Waals surface area contributed by atoms with Crippen LogP contribution in [0.3, 0.4) is 0 Å². The number of ether oxygens (including phenoxy) is 4. The number of hydrogen-bond donors (Lipinski definition) is 12. The van der Waals surface area contributed by atoms with Crippen LogP contribution in [-0.4, -0.2) is 174 Å². The summed E-state index contributed by atoms with van der Waals surface area (Å²) >= 11 is 0. The first kappa shape index (κ1) is 36.8. The van der Waals surface area contributed by atoms with Crippen molar-refractivity contribution in [1.29, 1.82) is 0 Å². The minimum atomic E-state index is -5.64. The number of anilines is 1. The maximum absolute atomic E-state index is 11.9. The molecule has 0 unspecified atom stereocenters. The highest BCUT2D eigenvalue weighted by atomic mass is 31.2.